The van der Waals surface area contributed by atoms with E-state index in [1.807, 2.05) is 48.5 Å². The van der Waals surface area contributed by atoms with E-state index in [4.69, 9.17) is 0 Å². The van der Waals surface area contributed by atoms with Crippen molar-refractivity contribution in [1.29, 1.82) is 0 Å². The van der Waals surface area contributed by atoms with E-state index < -0.39 is 12.0 Å². The molecule has 1 amide bonds. The molecule has 1 aromatic heterocycles. The summed E-state index contributed by atoms with van der Waals surface area (Å²) >= 11 is 0. The molecule has 0 aliphatic carbocycles. The maximum atomic E-state index is 11.9. The molecule has 0 unspecified atom stereocenters. The van der Waals surface area contributed by atoms with Gasteiger partial charge in [-0.3, -0.25) is 9.78 Å². The Labute approximate surface area is 171 Å². The highest BCUT2D eigenvalue weighted by Gasteiger charge is 2.20. The highest BCUT2D eigenvalue weighted by molar-refractivity contribution is 5.86. The van der Waals surface area contributed by atoms with Gasteiger partial charge in [-0.05, 0) is 17.7 Å². The first-order chi connectivity index (χ1) is 11.1. The Kier molecular flexibility index (Phi) is 14.5. The molecule has 0 fully saturated rings. The number of carboxylic acid groups (broad SMARTS) is 1. The monoisotopic (exact) mass is 421 g/mol. The fourth-order valence-corrected chi connectivity index (χ4v) is 2.10. The molecule has 26 heavy (non-hydrogen) atoms. The molecular weight excluding hydrogens is 401 g/mol. The van der Waals surface area contributed by atoms with Crippen LogP contribution in [0.1, 0.15) is 11.3 Å². The van der Waals surface area contributed by atoms with E-state index in [1.54, 1.807) is 6.20 Å². The number of aromatic nitrogens is 1. The lowest BCUT2D eigenvalue weighted by molar-refractivity contribution is -0.141. The molecule has 9 heteroatoms. The van der Waals surface area contributed by atoms with Crippen LogP contribution in [-0.4, -0.2) is 34.6 Å². The number of aliphatic carboxylic acids is 1. The van der Waals surface area contributed by atoms with Gasteiger partial charge in [0.05, 0.1) is 12.2 Å². The molecule has 6 nitrogen and oxygen atoms in total. The van der Waals surface area contributed by atoms with Gasteiger partial charge >= 0.3 is 5.97 Å². The van der Waals surface area contributed by atoms with Gasteiger partial charge in [0.2, 0.25) is 5.91 Å². The fourth-order valence-electron chi connectivity index (χ4n) is 2.10. The fraction of sp³-hybridized carbons (Fsp3) is 0.235. The van der Waals surface area contributed by atoms with Crippen molar-refractivity contribution in [1.82, 2.24) is 15.6 Å². The van der Waals surface area contributed by atoms with Gasteiger partial charge in [-0.25, -0.2) is 4.79 Å². The third-order valence-electron chi connectivity index (χ3n) is 3.23. The van der Waals surface area contributed by atoms with Crippen LogP contribution in [0.2, 0.25) is 0 Å². The SMILES string of the molecule is Cl.Cl.Cl.O=C(CNCc1ccccn1)N[C@@H](Cc1ccccc1)C(=O)O. The predicted octanol–water partition coefficient (Wildman–Crippen LogP) is 2.25. The van der Waals surface area contributed by atoms with Gasteiger partial charge in [0.1, 0.15) is 6.04 Å². The topological polar surface area (TPSA) is 91.3 Å². The van der Waals surface area contributed by atoms with Crippen molar-refractivity contribution in [3.05, 3.63) is 66.0 Å². The van der Waals surface area contributed by atoms with Crippen molar-refractivity contribution in [2.45, 2.75) is 19.0 Å². The first-order valence-corrected chi connectivity index (χ1v) is 7.32. The molecule has 0 saturated carbocycles. The second-order valence-corrected chi connectivity index (χ2v) is 5.07. The molecule has 2 rings (SSSR count). The number of benzene rings is 1. The van der Waals surface area contributed by atoms with E-state index in [1.165, 1.54) is 0 Å². The van der Waals surface area contributed by atoms with Crippen molar-refractivity contribution in [2.75, 3.05) is 6.54 Å². The highest BCUT2D eigenvalue weighted by atomic mass is 35.5. The van der Waals surface area contributed by atoms with E-state index in [9.17, 15) is 14.7 Å². The molecule has 1 aromatic carbocycles. The Balaban J connectivity index is 0. The van der Waals surface area contributed by atoms with Crippen molar-refractivity contribution in [2.24, 2.45) is 0 Å². The molecule has 3 N–H and O–H groups in total. The van der Waals surface area contributed by atoms with E-state index in [2.05, 4.69) is 15.6 Å². The van der Waals surface area contributed by atoms with Gasteiger partial charge in [0.25, 0.3) is 0 Å². The Morgan fingerprint density at radius 2 is 1.65 bits per heavy atom. The molecule has 0 aliphatic heterocycles. The average molecular weight is 423 g/mol. The lowest BCUT2D eigenvalue weighted by Crippen LogP contribution is -2.45. The van der Waals surface area contributed by atoms with Crippen LogP contribution in [0.25, 0.3) is 0 Å². The van der Waals surface area contributed by atoms with Gasteiger partial charge in [0.15, 0.2) is 0 Å². The molecule has 0 bridgehead atoms. The zero-order valence-electron chi connectivity index (χ0n) is 13.8. The lowest BCUT2D eigenvalue weighted by Gasteiger charge is -2.15. The quantitative estimate of drug-likeness (QED) is 0.607. The Morgan fingerprint density at radius 1 is 1.00 bits per heavy atom. The minimum atomic E-state index is -1.05. The summed E-state index contributed by atoms with van der Waals surface area (Å²) < 4.78 is 0. The number of carbonyl (C=O) groups excluding carboxylic acids is 1. The van der Waals surface area contributed by atoms with Crippen LogP contribution in [0.4, 0.5) is 0 Å². The number of halogens is 3. The largest absolute Gasteiger partial charge is 0.480 e. The first-order valence-electron chi connectivity index (χ1n) is 7.32. The summed E-state index contributed by atoms with van der Waals surface area (Å²) in [6.45, 7) is 0.486. The summed E-state index contributed by atoms with van der Waals surface area (Å²) in [4.78, 5) is 27.3. The van der Waals surface area contributed by atoms with Gasteiger partial charge in [0, 0.05) is 19.2 Å². The van der Waals surface area contributed by atoms with Gasteiger partial charge in [-0.2, -0.15) is 0 Å². The van der Waals surface area contributed by atoms with Crippen molar-refractivity contribution in [3.63, 3.8) is 0 Å². The smallest absolute Gasteiger partial charge is 0.326 e. The normalized spacial score (nSPS) is 10.3. The standard InChI is InChI=1S/C17H19N3O3.3ClH/c21-16(12-18-11-14-8-4-5-9-19-14)20-15(17(22)23)10-13-6-2-1-3-7-13;;;/h1-9,15,18H,10-12H2,(H,20,21)(H,22,23);3*1H/t15-;;;/m0.../s1. The van der Waals surface area contributed by atoms with Crippen LogP contribution < -0.4 is 10.6 Å². The number of carboxylic acids is 1. The molecule has 0 saturated heterocycles. The molecule has 0 aliphatic rings. The number of carbonyl (C=O) groups is 2. The molecule has 0 radical (unpaired) electrons. The Hall–Kier alpha value is -1.86. The van der Waals surface area contributed by atoms with E-state index in [0.29, 0.717) is 6.54 Å². The second-order valence-electron chi connectivity index (χ2n) is 5.07. The van der Waals surface area contributed by atoms with Crippen molar-refractivity contribution < 1.29 is 14.7 Å². The summed E-state index contributed by atoms with van der Waals surface area (Å²) in [5.74, 6) is -1.41. The number of hydrogen-bond donors (Lipinski definition) is 3. The molecular formula is C17H22Cl3N3O3. The number of amides is 1. The molecule has 2 aromatic rings. The zero-order chi connectivity index (χ0) is 16.5. The van der Waals surface area contributed by atoms with Crippen molar-refractivity contribution in [3.8, 4) is 0 Å². The van der Waals surface area contributed by atoms with Crippen molar-refractivity contribution >= 4 is 49.1 Å². The summed E-state index contributed by atoms with van der Waals surface area (Å²) in [7, 11) is 0. The average Bonchev–Trinajstić information content (AvgIpc) is 2.56. The van der Waals surface area contributed by atoms with E-state index in [-0.39, 0.29) is 56.1 Å². The summed E-state index contributed by atoms with van der Waals surface area (Å²) in [6.07, 6.45) is 1.93. The highest BCUT2D eigenvalue weighted by Crippen LogP contribution is 2.03. The van der Waals surface area contributed by atoms with Gasteiger partial charge in [-0.1, -0.05) is 36.4 Å². The predicted molar refractivity (Wildman–Crippen MR) is 107 cm³/mol. The zero-order valence-corrected chi connectivity index (χ0v) is 16.3. The van der Waals surface area contributed by atoms with Gasteiger partial charge in [-0.15, -0.1) is 37.2 Å². The number of nitrogens with zero attached hydrogens (tertiary/aromatic N) is 1. The summed E-state index contributed by atoms with van der Waals surface area (Å²) in [6, 6.07) is 13.8. The minimum Gasteiger partial charge on any atom is -0.480 e. The number of nitrogens with one attached hydrogen (secondary N) is 2. The molecule has 1 atom stereocenters. The third kappa shape index (κ3) is 9.58. The molecule has 1 heterocycles. The first kappa shape index (κ1) is 26.4. The maximum Gasteiger partial charge on any atom is 0.326 e. The van der Waals surface area contributed by atoms with Crippen LogP contribution in [0.15, 0.2) is 54.7 Å². The summed E-state index contributed by atoms with van der Waals surface area (Å²) in [5.41, 5.74) is 1.68. The van der Waals surface area contributed by atoms with Crippen LogP contribution in [0.5, 0.6) is 0 Å². The van der Waals surface area contributed by atoms with Crippen LogP contribution >= 0.6 is 37.2 Å². The van der Waals surface area contributed by atoms with Crippen LogP contribution in [-0.2, 0) is 22.6 Å². The molecule has 144 valence electrons. The van der Waals surface area contributed by atoms with E-state index in [0.717, 1.165) is 11.3 Å². The number of hydrogen-bond acceptors (Lipinski definition) is 4. The lowest BCUT2D eigenvalue weighted by atomic mass is 10.1. The molecule has 0 spiro atoms. The third-order valence-corrected chi connectivity index (χ3v) is 3.23. The number of pyridine rings is 1. The van der Waals surface area contributed by atoms with Gasteiger partial charge < -0.3 is 15.7 Å². The van der Waals surface area contributed by atoms with Crippen LogP contribution in [0, 0.1) is 0 Å². The second kappa shape index (κ2) is 14.3. The van der Waals surface area contributed by atoms with E-state index >= 15 is 0 Å². The summed E-state index contributed by atoms with van der Waals surface area (Å²) in [5, 5.41) is 14.7. The Bertz CT molecular complexity index is 645. The number of rotatable bonds is 8. The Morgan fingerprint density at radius 3 is 2.23 bits per heavy atom. The minimum absolute atomic E-state index is 0. The maximum absolute atomic E-state index is 11.9. The van der Waals surface area contributed by atoms with Crippen LogP contribution in [0.3, 0.4) is 0 Å².